The second kappa shape index (κ2) is 4.88. The first-order valence-corrected chi connectivity index (χ1v) is 6.13. The number of hydrogen-bond acceptors (Lipinski definition) is 3. The van der Waals surface area contributed by atoms with Crippen LogP contribution in [0.3, 0.4) is 0 Å². The summed E-state index contributed by atoms with van der Waals surface area (Å²) in [6, 6.07) is 9.03. The highest BCUT2D eigenvalue weighted by molar-refractivity contribution is 6.66. The van der Waals surface area contributed by atoms with Gasteiger partial charge in [0.15, 0.2) is 11.6 Å². The molecule has 0 fully saturated rings. The SMILES string of the molecule is CC(=O)c1nc(C(Cl)(Cl)Cl)n(-c2ccccc2)n1. The van der Waals surface area contributed by atoms with Crippen LogP contribution in [0, 0.1) is 0 Å². The van der Waals surface area contributed by atoms with Gasteiger partial charge in [-0.05, 0) is 12.1 Å². The molecule has 1 heterocycles. The van der Waals surface area contributed by atoms with Crippen LogP contribution in [0.1, 0.15) is 23.4 Å². The summed E-state index contributed by atoms with van der Waals surface area (Å²) in [7, 11) is 0. The molecule has 18 heavy (non-hydrogen) atoms. The molecule has 0 bridgehead atoms. The zero-order valence-corrected chi connectivity index (χ0v) is 11.5. The molecule has 2 rings (SSSR count). The lowest BCUT2D eigenvalue weighted by Gasteiger charge is -2.11. The molecule has 1 aromatic carbocycles. The summed E-state index contributed by atoms with van der Waals surface area (Å²) < 4.78 is -0.403. The number of benzene rings is 1. The summed E-state index contributed by atoms with van der Waals surface area (Å²) in [6.07, 6.45) is 0. The highest BCUT2D eigenvalue weighted by Crippen LogP contribution is 2.37. The number of alkyl halides is 3. The molecular weight excluding hydrogens is 297 g/mol. The minimum absolute atomic E-state index is 0.0141. The highest BCUT2D eigenvalue weighted by Gasteiger charge is 2.32. The Morgan fingerprint density at radius 1 is 1.22 bits per heavy atom. The zero-order valence-electron chi connectivity index (χ0n) is 9.27. The number of Topliss-reactive ketones (excluding diaryl/α,β-unsaturated/α-hetero) is 1. The molecule has 94 valence electrons. The average Bonchev–Trinajstić information content (AvgIpc) is 2.74. The maximum atomic E-state index is 11.3. The van der Waals surface area contributed by atoms with Crippen molar-refractivity contribution < 1.29 is 4.79 Å². The first-order valence-electron chi connectivity index (χ1n) is 5.00. The fourth-order valence-electron chi connectivity index (χ4n) is 1.39. The molecule has 0 aliphatic heterocycles. The van der Waals surface area contributed by atoms with E-state index >= 15 is 0 Å². The summed E-state index contributed by atoms with van der Waals surface area (Å²) in [5.74, 6) is -0.191. The molecule has 0 aliphatic carbocycles. The van der Waals surface area contributed by atoms with Crippen molar-refractivity contribution in [3.63, 3.8) is 0 Å². The van der Waals surface area contributed by atoms with Gasteiger partial charge in [-0.15, -0.1) is 5.10 Å². The van der Waals surface area contributed by atoms with Crippen LogP contribution >= 0.6 is 34.8 Å². The Balaban J connectivity index is 2.62. The Morgan fingerprint density at radius 2 is 1.83 bits per heavy atom. The van der Waals surface area contributed by atoms with Crippen LogP contribution in [-0.2, 0) is 3.79 Å². The van der Waals surface area contributed by atoms with Crippen molar-refractivity contribution in [1.82, 2.24) is 14.8 Å². The van der Waals surface area contributed by atoms with Gasteiger partial charge in [0.25, 0.3) is 0 Å². The fourth-order valence-corrected chi connectivity index (χ4v) is 1.76. The quantitative estimate of drug-likeness (QED) is 0.632. The zero-order chi connectivity index (χ0) is 13.3. The van der Waals surface area contributed by atoms with Crippen molar-refractivity contribution in [3.8, 4) is 5.69 Å². The number of para-hydroxylation sites is 1. The first-order chi connectivity index (χ1) is 8.39. The van der Waals surface area contributed by atoms with Gasteiger partial charge in [-0.25, -0.2) is 9.67 Å². The van der Waals surface area contributed by atoms with E-state index in [2.05, 4.69) is 10.1 Å². The molecule has 4 nitrogen and oxygen atoms in total. The molecule has 0 spiro atoms. The molecule has 1 aromatic heterocycles. The van der Waals surface area contributed by atoms with E-state index in [0.29, 0.717) is 5.69 Å². The smallest absolute Gasteiger partial charge is 0.250 e. The third kappa shape index (κ3) is 2.66. The van der Waals surface area contributed by atoms with Crippen LogP contribution < -0.4 is 0 Å². The minimum atomic E-state index is -1.75. The summed E-state index contributed by atoms with van der Waals surface area (Å²) in [5, 5.41) is 4.05. The van der Waals surface area contributed by atoms with E-state index in [0.717, 1.165) is 0 Å². The molecule has 0 saturated heterocycles. The van der Waals surface area contributed by atoms with Crippen LogP contribution in [0.2, 0.25) is 0 Å². The molecule has 7 heteroatoms. The maximum absolute atomic E-state index is 11.3. The highest BCUT2D eigenvalue weighted by atomic mass is 35.6. The lowest BCUT2D eigenvalue weighted by molar-refractivity contribution is 0.100. The van der Waals surface area contributed by atoms with Crippen molar-refractivity contribution >= 4 is 40.6 Å². The number of aromatic nitrogens is 3. The molecule has 0 unspecified atom stereocenters. The van der Waals surface area contributed by atoms with Crippen molar-refractivity contribution in [2.45, 2.75) is 10.7 Å². The van der Waals surface area contributed by atoms with Gasteiger partial charge in [-0.1, -0.05) is 53.0 Å². The summed E-state index contributed by atoms with van der Waals surface area (Å²) in [6.45, 7) is 1.35. The Hall–Kier alpha value is -1.10. The molecule has 0 aliphatic rings. The monoisotopic (exact) mass is 303 g/mol. The van der Waals surface area contributed by atoms with Gasteiger partial charge in [0.1, 0.15) is 0 Å². The van der Waals surface area contributed by atoms with Crippen molar-refractivity contribution in [1.29, 1.82) is 0 Å². The molecular formula is C11H8Cl3N3O. The number of hydrogen-bond donors (Lipinski definition) is 0. The van der Waals surface area contributed by atoms with Crippen molar-refractivity contribution in [2.24, 2.45) is 0 Å². The van der Waals surface area contributed by atoms with E-state index < -0.39 is 3.79 Å². The first kappa shape index (κ1) is 13.3. The lowest BCUT2D eigenvalue weighted by Crippen LogP contribution is -2.11. The van der Waals surface area contributed by atoms with Crippen molar-refractivity contribution in [3.05, 3.63) is 42.0 Å². The number of halogens is 3. The number of carbonyl (C=O) groups is 1. The summed E-state index contributed by atoms with van der Waals surface area (Å²) in [4.78, 5) is 15.3. The number of carbonyl (C=O) groups excluding carboxylic acids is 1. The topological polar surface area (TPSA) is 47.8 Å². The van der Waals surface area contributed by atoms with Gasteiger partial charge in [0.2, 0.25) is 9.62 Å². The minimum Gasteiger partial charge on any atom is -0.291 e. The largest absolute Gasteiger partial charge is 0.291 e. The summed E-state index contributed by atoms with van der Waals surface area (Å²) >= 11 is 17.5. The van der Waals surface area contributed by atoms with Crippen molar-refractivity contribution in [2.75, 3.05) is 0 Å². The van der Waals surface area contributed by atoms with Gasteiger partial charge >= 0.3 is 0 Å². The predicted molar refractivity (Wildman–Crippen MR) is 70.6 cm³/mol. The van der Waals surface area contributed by atoms with Gasteiger partial charge in [-0.3, -0.25) is 4.79 Å². The Morgan fingerprint density at radius 3 is 2.33 bits per heavy atom. The van der Waals surface area contributed by atoms with E-state index in [1.54, 1.807) is 12.1 Å². The second-order valence-corrected chi connectivity index (χ2v) is 5.84. The molecule has 0 saturated carbocycles. The standard InChI is InChI=1S/C11H8Cl3N3O/c1-7(18)9-15-10(11(12,13)14)17(16-9)8-5-3-2-4-6-8/h2-6H,1H3. The second-order valence-electron chi connectivity index (χ2n) is 3.56. The molecule has 0 N–H and O–H groups in total. The lowest BCUT2D eigenvalue weighted by atomic mass is 10.3. The van der Waals surface area contributed by atoms with Gasteiger partial charge in [0.05, 0.1) is 5.69 Å². The van der Waals surface area contributed by atoms with Gasteiger partial charge in [0, 0.05) is 6.92 Å². The Labute approximate surface area is 118 Å². The van der Waals surface area contributed by atoms with Crippen LogP contribution in [0.5, 0.6) is 0 Å². The number of rotatable bonds is 2. The normalized spacial score (nSPS) is 11.6. The van der Waals surface area contributed by atoms with Crippen LogP contribution in [-0.4, -0.2) is 20.5 Å². The fraction of sp³-hybridized carbons (Fsp3) is 0.182. The third-order valence-corrected chi connectivity index (χ3v) is 2.68. The Bertz CT molecular complexity index is 575. The molecule has 2 aromatic rings. The van der Waals surface area contributed by atoms with Crippen LogP contribution in [0.4, 0.5) is 0 Å². The predicted octanol–water partition coefficient (Wildman–Crippen LogP) is 3.30. The van der Waals surface area contributed by atoms with Gasteiger partial charge in [-0.2, -0.15) is 0 Å². The van der Waals surface area contributed by atoms with E-state index in [1.165, 1.54) is 11.6 Å². The van der Waals surface area contributed by atoms with E-state index in [9.17, 15) is 4.79 Å². The van der Waals surface area contributed by atoms with Crippen LogP contribution in [0.25, 0.3) is 5.69 Å². The Kier molecular flexibility index (Phi) is 3.61. The number of nitrogens with zero attached hydrogens (tertiary/aromatic N) is 3. The van der Waals surface area contributed by atoms with Crippen LogP contribution in [0.15, 0.2) is 30.3 Å². The molecule has 0 atom stereocenters. The van der Waals surface area contributed by atoms with E-state index in [1.807, 2.05) is 18.2 Å². The summed E-state index contributed by atoms with van der Waals surface area (Å²) in [5.41, 5.74) is 0.666. The average molecular weight is 305 g/mol. The van der Waals surface area contributed by atoms with Gasteiger partial charge < -0.3 is 0 Å². The van der Waals surface area contributed by atoms with E-state index in [-0.39, 0.29) is 17.4 Å². The number of ketones is 1. The third-order valence-electron chi connectivity index (χ3n) is 2.18. The maximum Gasteiger partial charge on any atom is 0.250 e. The molecule has 0 amide bonds. The van der Waals surface area contributed by atoms with E-state index in [4.69, 9.17) is 34.8 Å². The molecule has 0 radical (unpaired) electrons.